The van der Waals surface area contributed by atoms with Gasteiger partial charge in [0, 0.05) is 15.6 Å². The Labute approximate surface area is 198 Å². The molecule has 3 aromatic carbocycles. The molecule has 11 heteroatoms. The first kappa shape index (κ1) is 25.0. The molecule has 0 aliphatic heterocycles. The summed E-state index contributed by atoms with van der Waals surface area (Å²) in [6, 6.07) is 14.0. The molecule has 0 saturated heterocycles. The van der Waals surface area contributed by atoms with Gasteiger partial charge in [0.2, 0.25) is 5.91 Å². The van der Waals surface area contributed by atoms with Gasteiger partial charge in [0.05, 0.1) is 10.5 Å². The maximum atomic E-state index is 13.5. The maximum absolute atomic E-state index is 13.5. The molecule has 1 unspecified atom stereocenters. The van der Waals surface area contributed by atoms with Crippen LogP contribution >= 0.6 is 23.2 Å². The van der Waals surface area contributed by atoms with Gasteiger partial charge in [-0.2, -0.15) is 13.2 Å². The lowest BCUT2D eigenvalue weighted by atomic mass is 10.1. The van der Waals surface area contributed by atoms with Crippen LogP contribution in [0.3, 0.4) is 0 Å². The van der Waals surface area contributed by atoms with Crippen LogP contribution in [0.5, 0.6) is 0 Å². The smallest absolute Gasteiger partial charge is 0.368 e. The van der Waals surface area contributed by atoms with Crippen molar-refractivity contribution in [3.05, 3.63) is 99.5 Å². The number of alkyl halides is 3. The van der Waals surface area contributed by atoms with Crippen molar-refractivity contribution in [1.29, 1.82) is 0 Å². The van der Waals surface area contributed by atoms with Gasteiger partial charge in [-0.1, -0.05) is 53.5 Å². The quantitative estimate of drug-likeness (QED) is 0.445. The first-order chi connectivity index (χ1) is 15.4. The first-order valence-electron chi connectivity index (χ1n) is 9.37. The molecular formula is C22H17Cl2F3N2O3S. The minimum Gasteiger partial charge on any atom is -0.368 e. The summed E-state index contributed by atoms with van der Waals surface area (Å²) in [6.07, 6.45) is -4.75. The highest BCUT2D eigenvalue weighted by Crippen LogP contribution is 2.38. The topological polar surface area (TPSA) is 89.3 Å². The van der Waals surface area contributed by atoms with Gasteiger partial charge in [-0.05, 0) is 48.0 Å². The third-order valence-corrected chi connectivity index (χ3v) is 7.33. The van der Waals surface area contributed by atoms with Crippen LogP contribution in [0.4, 0.5) is 13.2 Å². The van der Waals surface area contributed by atoms with E-state index in [0.29, 0.717) is 11.6 Å². The molecule has 0 heterocycles. The summed E-state index contributed by atoms with van der Waals surface area (Å²) in [4.78, 5) is 12.0. The SMILES string of the molecule is NC(=O)C(N[C@@H](c1cc(C(F)(F)F)ccc1Cl)S(=O)(=O)c1ccc(Cl)cc1)c1ccccc1. The highest BCUT2D eigenvalue weighted by molar-refractivity contribution is 7.91. The van der Waals surface area contributed by atoms with Gasteiger partial charge >= 0.3 is 6.18 Å². The fraction of sp³-hybridized carbons (Fsp3) is 0.136. The molecule has 0 saturated carbocycles. The second kappa shape index (κ2) is 9.72. The predicted octanol–water partition coefficient (Wildman–Crippen LogP) is 5.30. The summed E-state index contributed by atoms with van der Waals surface area (Å²) in [5, 5.41) is 0.788. The van der Waals surface area contributed by atoms with Crippen LogP contribution in [0.25, 0.3) is 0 Å². The molecule has 3 N–H and O–H groups in total. The monoisotopic (exact) mass is 516 g/mol. The van der Waals surface area contributed by atoms with Crippen molar-refractivity contribution in [3.63, 3.8) is 0 Å². The Balaban J connectivity index is 2.21. The number of carbonyl (C=O) groups excluding carboxylic acids is 1. The average molecular weight is 517 g/mol. The second-order valence-electron chi connectivity index (χ2n) is 7.03. The van der Waals surface area contributed by atoms with Gasteiger partial charge in [0.1, 0.15) is 11.4 Å². The summed E-state index contributed by atoms with van der Waals surface area (Å²) in [7, 11) is -4.42. The van der Waals surface area contributed by atoms with Crippen LogP contribution in [-0.2, 0) is 20.8 Å². The molecule has 0 spiro atoms. The zero-order valence-corrected chi connectivity index (χ0v) is 19.0. The van der Waals surface area contributed by atoms with E-state index in [1.54, 1.807) is 18.2 Å². The van der Waals surface area contributed by atoms with Crippen molar-refractivity contribution >= 4 is 38.9 Å². The van der Waals surface area contributed by atoms with Crippen LogP contribution < -0.4 is 11.1 Å². The van der Waals surface area contributed by atoms with E-state index in [9.17, 15) is 26.4 Å². The van der Waals surface area contributed by atoms with Crippen molar-refractivity contribution < 1.29 is 26.4 Å². The standard InChI is InChI=1S/C22H17Cl2F3N2O3S/c23-15-7-9-16(10-8-15)33(31,32)21(17-12-14(22(25,26)27)6-11-18(17)24)29-19(20(28)30)13-4-2-1-3-5-13/h1-12,19,21,29H,(H2,28,30)/t19?,21-/m1/s1. The fourth-order valence-electron chi connectivity index (χ4n) is 3.17. The Hall–Kier alpha value is -2.59. The van der Waals surface area contributed by atoms with E-state index >= 15 is 0 Å². The van der Waals surface area contributed by atoms with Crippen LogP contribution in [0.2, 0.25) is 10.0 Å². The van der Waals surface area contributed by atoms with Crippen molar-refractivity contribution in [3.8, 4) is 0 Å². The fourth-order valence-corrected chi connectivity index (χ4v) is 5.22. The van der Waals surface area contributed by atoms with Crippen molar-refractivity contribution in [2.24, 2.45) is 5.73 Å². The lowest BCUT2D eigenvalue weighted by molar-refractivity contribution is -0.137. The number of benzene rings is 3. The number of hydrogen-bond donors (Lipinski definition) is 2. The number of halogens is 5. The lowest BCUT2D eigenvalue weighted by Crippen LogP contribution is -2.39. The number of hydrogen-bond acceptors (Lipinski definition) is 4. The highest BCUT2D eigenvalue weighted by atomic mass is 35.5. The number of nitrogens with one attached hydrogen (secondary N) is 1. The molecule has 33 heavy (non-hydrogen) atoms. The summed E-state index contributed by atoms with van der Waals surface area (Å²) in [6.45, 7) is 0. The van der Waals surface area contributed by atoms with Crippen LogP contribution in [0, 0.1) is 0 Å². The number of amides is 1. The van der Waals surface area contributed by atoms with Crippen LogP contribution in [-0.4, -0.2) is 14.3 Å². The number of rotatable bonds is 7. The normalized spacial score (nSPS) is 14.0. The third kappa shape index (κ3) is 5.67. The van der Waals surface area contributed by atoms with Crippen molar-refractivity contribution in [1.82, 2.24) is 5.32 Å². The first-order valence-corrected chi connectivity index (χ1v) is 11.7. The lowest BCUT2D eigenvalue weighted by Gasteiger charge is -2.26. The van der Waals surface area contributed by atoms with E-state index in [4.69, 9.17) is 28.9 Å². The Morgan fingerprint density at radius 2 is 1.55 bits per heavy atom. The van der Waals surface area contributed by atoms with Crippen LogP contribution in [0.1, 0.15) is 28.1 Å². The maximum Gasteiger partial charge on any atom is 0.416 e. The van der Waals surface area contributed by atoms with Gasteiger partial charge in [0.15, 0.2) is 9.84 Å². The van der Waals surface area contributed by atoms with Gasteiger partial charge in [0.25, 0.3) is 0 Å². The van der Waals surface area contributed by atoms with Gasteiger partial charge in [-0.3, -0.25) is 10.1 Å². The van der Waals surface area contributed by atoms with Gasteiger partial charge in [-0.25, -0.2) is 8.42 Å². The molecule has 0 aliphatic rings. The van der Waals surface area contributed by atoms with E-state index in [1.165, 1.54) is 36.4 Å². The molecule has 1 amide bonds. The minimum atomic E-state index is -4.75. The minimum absolute atomic E-state index is 0.241. The predicted molar refractivity (Wildman–Crippen MR) is 119 cm³/mol. The van der Waals surface area contributed by atoms with E-state index in [2.05, 4.69) is 5.32 Å². The van der Waals surface area contributed by atoms with E-state index < -0.39 is 38.9 Å². The Morgan fingerprint density at radius 1 is 0.939 bits per heavy atom. The number of primary amides is 1. The molecule has 0 radical (unpaired) electrons. The molecule has 2 atom stereocenters. The van der Waals surface area contributed by atoms with Crippen LogP contribution in [0.15, 0.2) is 77.7 Å². The van der Waals surface area contributed by atoms with Crippen molar-refractivity contribution in [2.45, 2.75) is 22.5 Å². The second-order valence-corrected chi connectivity index (χ2v) is 9.90. The summed E-state index contributed by atoms with van der Waals surface area (Å²) in [5.74, 6) is -0.930. The zero-order chi connectivity index (χ0) is 24.4. The molecular weight excluding hydrogens is 500 g/mol. The zero-order valence-electron chi connectivity index (χ0n) is 16.7. The molecule has 0 aromatic heterocycles. The summed E-state index contributed by atoms with van der Waals surface area (Å²) < 4.78 is 67.2. The van der Waals surface area contributed by atoms with Crippen molar-refractivity contribution in [2.75, 3.05) is 0 Å². The third-order valence-electron chi connectivity index (χ3n) is 4.79. The number of nitrogens with two attached hydrogens (primary N) is 1. The Morgan fingerprint density at radius 3 is 2.09 bits per heavy atom. The van der Waals surface area contributed by atoms with E-state index in [0.717, 1.165) is 12.1 Å². The van der Waals surface area contributed by atoms with E-state index in [-0.39, 0.29) is 20.5 Å². The van der Waals surface area contributed by atoms with E-state index in [1.807, 2.05) is 0 Å². The average Bonchev–Trinajstić information content (AvgIpc) is 2.75. The molecule has 174 valence electrons. The summed E-state index contributed by atoms with van der Waals surface area (Å²) >= 11 is 12.0. The Bertz CT molecular complexity index is 1250. The molecule has 0 bridgehead atoms. The molecule has 3 aromatic rings. The number of sulfone groups is 1. The molecule has 5 nitrogen and oxygen atoms in total. The molecule has 0 aliphatic carbocycles. The highest BCUT2D eigenvalue weighted by Gasteiger charge is 2.37. The van der Waals surface area contributed by atoms with Gasteiger partial charge in [-0.15, -0.1) is 0 Å². The summed E-state index contributed by atoms with van der Waals surface area (Å²) in [5.41, 5.74) is 4.34. The number of carbonyl (C=O) groups is 1. The largest absolute Gasteiger partial charge is 0.416 e. The Kier molecular flexibility index (Phi) is 7.38. The molecule has 0 fully saturated rings. The molecule has 3 rings (SSSR count). The van der Waals surface area contributed by atoms with Gasteiger partial charge < -0.3 is 5.73 Å².